The summed E-state index contributed by atoms with van der Waals surface area (Å²) in [7, 11) is 0. The number of benzene rings is 1. The Bertz CT molecular complexity index is 378. The quantitative estimate of drug-likeness (QED) is 0.821. The lowest BCUT2D eigenvalue weighted by atomic mass is 10.1. The van der Waals surface area contributed by atoms with Crippen molar-refractivity contribution >= 4 is 23.4 Å². The molecule has 0 amide bonds. The van der Waals surface area contributed by atoms with Crippen molar-refractivity contribution in [1.82, 2.24) is 10.2 Å². The van der Waals surface area contributed by atoms with E-state index in [-0.39, 0.29) is 0 Å². The van der Waals surface area contributed by atoms with Crippen LogP contribution in [-0.2, 0) is 0 Å². The summed E-state index contributed by atoms with van der Waals surface area (Å²) in [6.07, 6.45) is 2.46. The van der Waals surface area contributed by atoms with Crippen molar-refractivity contribution in [3.05, 3.63) is 29.3 Å². The summed E-state index contributed by atoms with van der Waals surface area (Å²) in [5, 5.41) is 5.89. The summed E-state index contributed by atoms with van der Waals surface area (Å²) in [6, 6.07) is 8.78. The second kappa shape index (κ2) is 7.53. The summed E-state index contributed by atoms with van der Waals surface area (Å²) in [5.74, 6) is 0. The first-order chi connectivity index (χ1) is 9.22. The van der Waals surface area contributed by atoms with E-state index >= 15 is 0 Å². The molecular formula is C15H22ClN2S. The summed E-state index contributed by atoms with van der Waals surface area (Å²) < 4.78 is 0. The van der Waals surface area contributed by atoms with Gasteiger partial charge in [0.15, 0.2) is 0 Å². The minimum Gasteiger partial charge on any atom is -0.297 e. The van der Waals surface area contributed by atoms with Crippen LogP contribution in [0.15, 0.2) is 29.2 Å². The van der Waals surface area contributed by atoms with Crippen molar-refractivity contribution < 1.29 is 0 Å². The number of hydrogen-bond donors (Lipinski definition) is 0. The van der Waals surface area contributed by atoms with Crippen molar-refractivity contribution in [2.45, 2.75) is 43.0 Å². The highest BCUT2D eigenvalue weighted by Gasteiger charge is 2.25. The normalized spacial score (nSPS) is 20.9. The van der Waals surface area contributed by atoms with Crippen LogP contribution in [0.1, 0.15) is 26.7 Å². The topological polar surface area (TPSA) is 17.3 Å². The average molecular weight is 298 g/mol. The van der Waals surface area contributed by atoms with E-state index in [1.165, 1.54) is 17.7 Å². The zero-order chi connectivity index (χ0) is 13.7. The molecule has 19 heavy (non-hydrogen) atoms. The predicted octanol–water partition coefficient (Wildman–Crippen LogP) is 3.87. The maximum absolute atomic E-state index is 5.92. The van der Waals surface area contributed by atoms with Gasteiger partial charge in [-0.15, -0.1) is 11.8 Å². The maximum atomic E-state index is 5.92. The molecule has 0 bridgehead atoms. The molecule has 0 aromatic heterocycles. The van der Waals surface area contributed by atoms with E-state index in [9.17, 15) is 0 Å². The molecular weight excluding hydrogens is 276 g/mol. The van der Waals surface area contributed by atoms with Crippen LogP contribution in [0.25, 0.3) is 0 Å². The Balaban J connectivity index is 1.92. The van der Waals surface area contributed by atoms with Crippen LogP contribution in [0.3, 0.4) is 0 Å². The minimum absolute atomic E-state index is 0.357. The van der Waals surface area contributed by atoms with Gasteiger partial charge in [-0.1, -0.05) is 25.4 Å². The lowest BCUT2D eigenvalue weighted by Crippen LogP contribution is -2.49. The fourth-order valence-corrected chi connectivity index (χ4v) is 3.74. The number of halogens is 1. The lowest BCUT2D eigenvalue weighted by Gasteiger charge is -2.37. The predicted molar refractivity (Wildman–Crippen MR) is 84.0 cm³/mol. The van der Waals surface area contributed by atoms with Crippen LogP contribution in [0.5, 0.6) is 0 Å². The molecule has 1 saturated heterocycles. The first-order valence-corrected chi connectivity index (χ1v) is 8.31. The number of thioether (sulfide) groups is 1. The molecule has 1 aliphatic heterocycles. The summed E-state index contributed by atoms with van der Waals surface area (Å²) >= 11 is 7.76. The highest BCUT2D eigenvalue weighted by atomic mass is 35.5. The molecule has 0 N–H and O–H groups in total. The van der Waals surface area contributed by atoms with Crippen molar-refractivity contribution in [3.63, 3.8) is 0 Å². The van der Waals surface area contributed by atoms with Crippen LogP contribution in [0.4, 0.5) is 0 Å². The van der Waals surface area contributed by atoms with Gasteiger partial charge in [-0.3, -0.25) is 4.90 Å². The largest absolute Gasteiger partial charge is 0.297 e. The van der Waals surface area contributed by atoms with Crippen molar-refractivity contribution in [2.75, 3.05) is 19.6 Å². The summed E-state index contributed by atoms with van der Waals surface area (Å²) in [4.78, 5) is 3.85. The molecule has 1 aromatic rings. The van der Waals surface area contributed by atoms with Gasteiger partial charge in [0, 0.05) is 35.6 Å². The highest BCUT2D eigenvalue weighted by Crippen LogP contribution is 2.27. The molecule has 2 rings (SSSR count). The molecule has 2 nitrogen and oxygen atoms in total. The first-order valence-electron chi connectivity index (χ1n) is 7.05. The summed E-state index contributed by atoms with van der Waals surface area (Å²) in [5.41, 5.74) is 0. The standard InChI is InChI=1S/C15H22ClN2S/c1-3-13(4-2)18-10-9-17-15(11-18)19-14-7-5-12(16)6-8-14/h5-8,13,15H,3-4,9-11H2,1-2H3. The Hall–Kier alpha value is -0.220. The van der Waals surface area contributed by atoms with Gasteiger partial charge in [-0.2, -0.15) is 0 Å². The number of rotatable bonds is 5. The number of piperazine rings is 1. The zero-order valence-corrected chi connectivity index (χ0v) is 13.3. The zero-order valence-electron chi connectivity index (χ0n) is 11.7. The van der Waals surface area contributed by atoms with Gasteiger partial charge in [0.05, 0.1) is 5.37 Å². The molecule has 1 radical (unpaired) electrons. The Labute approximate surface area is 125 Å². The Morgan fingerprint density at radius 1 is 1.32 bits per heavy atom. The van der Waals surface area contributed by atoms with Crippen LogP contribution >= 0.6 is 23.4 Å². The van der Waals surface area contributed by atoms with E-state index in [2.05, 4.69) is 30.9 Å². The molecule has 1 fully saturated rings. The number of nitrogens with zero attached hydrogens (tertiary/aromatic N) is 2. The Kier molecular flexibility index (Phi) is 6.02. The van der Waals surface area contributed by atoms with Gasteiger partial charge in [0.2, 0.25) is 0 Å². The van der Waals surface area contributed by atoms with Gasteiger partial charge in [-0.05, 0) is 37.1 Å². The molecule has 0 aliphatic carbocycles. The van der Waals surface area contributed by atoms with Gasteiger partial charge in [-0.25, -0.2) is 5.32 Å². The molecule has 0 saturated carbocycles. The highest BCUT2D eigenvalue weighted by molar-refractivity contribution is 8.00. The van der Waals surface area contributed by atoms with Crippen LogP contribution in [-0.4, -0.2) is 35.9 Å². The molecule has 1 aromatic carbocycles. The molecule has 1 unspecified atom stereocenters. The van der Waals surface area contributed by atoms with E-state index in [1.54, 1.807) is 0 Å². The SMILES string of the molecule is CCC(CC)N1CC[N]C(Sc2ccc(Cl)cc2)C1. The van der Waals surface area contributed by atoms with Gasteiger partial charge in [0.1, 0.15) is 0 Å². The van der Waals surface area contributed by atoms with Gasteiger partial charge < -0.3 is 0 Å². The van der Waals surface area contributed by atoms with E-state index in [0.29, 0.717) is 11.4 Å². The Morgan fingerprint density at radius 2 is 2.00 bits per heavy atom. The first kappa shape index (κ1) is 15.2. The average Bonchev–Trinajstić information content (AvgIpc) is 2.43. The third-order valence-electron chi connectivity index (χ3n) is 3.66. The smallest absolute Gasteiger partial charge is 0.0873 e. The third-order valence-corrected chi connectivity index (χ3v) is 5.02. The monoisotopic (exact) mass is 297 g/mol. The molecule has 1 heterocycles. The second-order valence-electron chi connectivity index (χ2n) is 4.90. The number of hydrogen-bond acceptors (Lipinski definition) is 2. The molecule has 105 valence electrons. The van der Waals surface area contributed by atoms with Crippen LogP contribution < -0.4 is 5.32 Å². The van der Waals surface area contributed by atoms with E-state index in [1.807, 2.05) is 23.9 Å². The maximum Gasteiger partial charge on any atom is 0.0873 e. The van der Waals surface area contributed by atoms with E-state index in [0.717, 1.165) is 24.7 Å². The Morgan fingerprint density at radius 3 is 2.63 bits per heavy atom. The van der Waals surface area contributed by atoms with E-state index in [4.69, 9.17) is 16.9 Å². The fourth-order valence-electron chi connectivity index (χ4n) is 2.56. The molecule has 0 spiro atoms. The third kappa shape index (κ3) is 4.38. The van der Waals surface area contributed by atoms with Crippen molar-refractivity contribution in [1.29, 1.82) is 0 Å². The van der Waals surface area contributed by atoms with Crippen LogP contribution in [0, 0.1) is 0 Å². The van der Waals surface area contributed by atoms with Gasteiger partial charge in [0.25, 0.3) is 0 Å². The lowest BCUT2D eigenvalue weighted by molar-refractivity contribution is 0.155. The molecule has 1 atom stereocenters. The van der Waals surface area contributed by atoms with E-state index < -0.39 is 0 Å². The fraction of sp³-hybridized carbons (Fsp3) is 0.600. The van der Waals surface area contributed by atoms with Crippen molar-refractivity contribution in [3.8, 4) is 0 Å². The molecule has 1 aliphatic rings. The summed E-state index contributed by atoms with van der Waals surface area (Å²) in [6.45, 7) is 7.70. The molecule has 4 heteroatoms. The van der Waals surface area contributed by atoms with Crippen molar-refractivity contribution in [2.24, 2.45) is 0 Å². The van der Waals surface area contributed by atoms with Gasteiger partial charge >= 0.3 is 0 Å². The minimum atomic E-state index is 0.357. The second-order valence-corrected chi connectivity index (χ2v) is 6.59. The van der Waals surface area contributed by atoms with Crippen LogP contribution in [0.2, 0.25) is 5.02 Å².